The number of para-hydroxylation sites is 3. The van der Waals surface area contributed by atoms with Crippen molar-refractivity contribution in [1.82, 2.24) is 4.98 Å². The Bertz CT molecular complexity index is 694. The van der Waals surface area contributed by atoms with Crippen LogP contribution in [-0.4, -0.2) is 11.2 Å². The number of nitrogens with zero attached hydrogens (tertiary/aromatic N) is 1. The van der Waals surface area contributed by atoms with Gasteiger partial charge < -0.3 is 0 Å². The number of benzene rings is 2. The van der Waals surface area contributed by atoms with E-state index in [0.717, 1.165) is 22.1 Å². The molecule has 0 saturated carbocycles. The molecule has 0 bridgehead atoms. The molecule has 0 spiro atoms. The molecule has 0 saturated heterocycles. The molecule has 3 aromatic rings. The first-order valence-electron chi connectivity index (χ1n) is 5.37. The molecule has 1 aromatic heterocycles. The fourth-order valence-corrected chi connectivity index (χ4v) is 2.42. The summed E-state index contributed by atoms with van der Waals surface area (Å²) in [6.07, 6.45) is 2.08. The summed E-state index contributed by atoms with van der Waals surface area (Å²) in [5.74, 6) is 0. The number of hydrogen-bond donors (Lipinski definition) is 0. The number of aromatic nitrogens is 2. The Hall–Kier alpha value is -0.342. The van der Waals surface area contributed by atoms with E-state index < -0.39 is 16.5 Å². The van der Waals surface area contributed by atoms with Crippen LogP contribution in [0.2, 0.25) is 0 Å². The van der Waals surface area contributed by atoms with Crippen molar-refractivity contribution in [3.8, 4) is 0 Å². The van der Waals surface area contributed by atoms with Crippen LogP contribution in [-0.2, 0) is 16.5 Å². The molecule has 0 amide bonds. The average molecular weight is 493 g/mol. The van der Waals surface area contributed by atoms with Crippen molar-refractivity contribution in [2.75, 3.05) is 6.26 Å². The number of H-pyrrole nitrogens is 1. The van der Waals surface area contributed by atoms with Crippen LogP contribution in [0.25, 0.3) is 22.1 Å². The van der Waals surface area contributed by atoms with Crippen LogP contribution in [0.4, 0.5) is 0 Å². The fraction of sp³-hybridized carbons (Fsp3) is 0.0769. The predicted octanol–water partition coefficient (Wildman–Crippen LogP) is 4.30. The third kappa shape index (κ3) is 3.60. The standard InChI is InChI=1S/C13H10N2S.2ClH.Pt/c1-16-12-8-4-7-11-13(12)15-10-6-3-2-5-9(10)14-11;;;/h2-8H,1H3;2*1H;/q;;;+2/p-1. The van der Waals surface area contributed by atoms with Gasteiger partial charge in [0.2, 0.25) is 11.0 Å². The number of rotatable bonds is 1. The molecule has 19 heavy (non-hydrogen) atoms. The van der Waals surface area contributed by atoms with Crippen LogP contribution in [0.15, 0.2) is 47.4 Å². The zero-order valence-corrected chi connectivity index (χ0v) is 14.6. The Balaban J connectivity index is 0.000000408. The second kappa shape index (κ2) is 7.44. The zero-order chi connectivity index (χ0) is 13.7. The van der Waals surface area contributed by atoms with E-state index in [1.807, 2.05) is 30.3 Å². The number of aromatic amines is 1. The first-order valence-corrected chi connectivity index (χ1v) is 12.2. The number of fused-ring (bicyclic) bond motifs is 2. The van der Waals surface area contributed by atoms with Crippen molar-refractivity contribution in [2.45, 2.75) is 4.90 Å². The van der Waals surface area contributed by atoms with Gasteiger partial charge in [-0.2, -0.15) is 0 Å². The van der Waals surface area contributed by atoms with Crippen molar-refractivity contribution in [3.05, 3.63) is 42.5 Å². The molecule has 3 rings (SSSR count). The fourth-order valence-electron chi connectivity index (χ4n) is 1.85. The normalized spacial score (nSPS) is 10.5. The van der Waals surface area contributed by atoms with Crippen LogP contribution in [0.5, 0.6) is 0 Å². The van der Waals surface area contributed by atoms with Crippen molar-refractivity contribution in [1.29, 1.82) is 0 Å². The Morgan fingerprint density at radius 1 is 1.05 bits per heavy atom. The summed E-state index contributed by atoms with van der Waals surface area (Å²) < 4.78 is 0. The quantitative estimate of drug-likeness (QED) is 0.374. The zero-order valence-electron chi connectivity index (χ0n) is 9.97. The summed E-state index contributed by atoms with van der Waals surface area (Å²) >= 11 is 1.26. The minimum absolute atomic E-state index is 0.472. The summed E-state index contributed by atoms with van der Waals surface area (Å²) in [7, 11) is 9.75. The molecular formula is C13H11Cl2N2PtS+. The van der Waals surface area contributed by atoms with E-state index >= 15 is 0 Å². The molecule has 1 N–H and O–H groups in total. The van der Waals surface area contributed by atoms with Gasteiger partial charge >= 0.3 is 35.3 Å². The van der Waals surface area contributed by atoms with Crippen LogP contribution in [0.1, 0.15) is 0 Å². The van der Waals surface area contributed by atoms with Crippen LogP contribution in [0.3, 0.4) is 0 Å². The molecular weight excluding hydrogens is 482 g/mol. The Labute approximate surface area is 132 Å². The summed E-state index contributed by atoms with van der Waals surface area (Å²) in [6.45, 7) is 0. The number of halogens is 2. The number of nitrogens with one attached hydrogen (secondary N) is 1. The van der Waals surface area contributed by atoms with Gasteiger partial charge in [-0.05, 0) is 24.5 Å². The van der Waals surface area contributed by atoms with Gasteiger partial charge in [-0.25, -0.2) is 9.97 Å². The maximum atomic E-state index is 4.88. The van der Waals surface area contributed by atoms with Crippen molar-refractivity contribution < 1.29 is 21.5 Å². The van der Waals surface area contributed by atoms with Gasteiger partial charge in [-0.3, -0.25) is 0 Å². The molecule has 0 unspecified atom stereocenters. The summed E-state index contributed by atoms with van der Waals surface area (Å²) in [4.78, 5) is 9.32. The summed E-state index contributed by atoms with van der Waals surface area (Å²) in [5, 5.41) is 0. The Morgan fingerprint density at radius 2 is 1.74 bits per heavy atom. The first kappa shape index (κ1) is 15.1. The number of hydrogen-bond acceptors (Lipinski definition) is 2. The van der Waals surface area contributed by atoms with Gasteiger partial charge in [-0.15, -0.1) is 11.8 Å². The molecule has 0 aliphatic carbocycles. The monoisotopic (exact) mass is 492 g/mol. The van der Waals surface area contributed by atoms with Gasteiger partial charge in [0.25, 0.3) is 0 Å². The summed E-state index contributed by atoms with van der Waals surface area (Å²) in [6, 6.07) is 14.3. The molecule has 2 aromatic carbocycles. The van der Waals surface area contributed by atoms with Crippen LogP contribution < -0.4 is 4.98 Å². The molecule has 0 aliphatic rings. The van der Waals surface area contributed by atoms with Crippen LogP contribution >= 0.6 is 30.6 Å². The second-order valence-corrected chi connectivity index (χ2v) is 7.78. The molecule has 0 aliphatic heterocycles. The van der Waals surface area contributed by atoms with E-state index in [9.17, 15) is 0 Å². The van der Waals surface area contributed by atoms with Gasteiger partial charge in [-0.1, -0.05) is 18.2 Å². The SMILES string of the molecule is CSc1cccc2nc3ccccc3[nH+]c12.[Cl][Pt][Cl]. The molecule has 2 nitrogen and oxygen atoms in total. The van der Waals surface area contributed by atoms with Gasteiger partial charge in [0.1, 0.15) is 11.0 Å². The average Bonchev–Trinajstić information content (AvgIpc) is 2.45. The van der Waals surface area contributed by atoms with E-state index in [1.54, 1.807) is 11.8 Å². The molecule has 1 heterocycles. The van der Waals surface area contributed by atoms with Gasteiger partial charge in [0.15, 0.2) is 0 Å². The Kier molecular flexibility index (Phi) is 5.90. The van der Waals surface area contributed by atoms with Crippen molar-refractivity contribution >= 4 is 52.7 Å². The third-order valence-electron chi connectivity index (χ3n) is 2.63. The van der Waals surface area contributed by atoms with E-state index in [0.29, 0.717) is 0 Å². The van der Waals surface area contributed by atoms with E-state index in [1.165, 1.54) is 4.90 Å². The molecule has 6 heteroatoms. The van der Waals surface area contributed by atoms with Gasteiger partial charge in [0.05, 0.1) is 4.90 Å². The predicted molar refractivity (Wildman–Crippen MR) is 79.3 cm³/mol. The number of thioether (sulfide) groups is 1. The van der Waals surface area contributed by atoms with E-state index in [-0.39, 0.29) is 0 Å². The third-order valence-corrected chi connectivity index (χ3v) is 3.41. The minimum atomic E-state index is -0.472. The Morgan fingerprint density at radius 3 is 2.47 bits per heavy atom. The van der Waals surface area contributed by atoms with Crippen molar-refractivity contribution in [2.24, 2.45) is 0 Å². The van der Waals surface area contributed by atoms with E-state index in [2.05, 4.69) is 28.4 Å². The first-order chi connectivity index (χ1) is 9.30. The second-order valence-electron chi connectivity index (χ2n) is 3.65. The molecule has 0 atom stereocenters. The van der Waals surface area contributed by atoms with E-state index in [4.69, 9.17) is 18.8 Å². The summed E-state index contributed by atoms with van der Waals surface area (Å²) in [5.41, 5.74) is 4.23. The topological polar surface area (TPSA) is 27.0 Å². The van der Waals surface area contributed by atoms with Crippen molar-refractivity contribution in [3.63, 3.8) is 0 Å². The maximum absolute atomic E-state index is 4.88. The van der Waals surface area contributed by atoms with Gasteiger partial charge in [0, 0.05) is 6.07 Å². The molecule has 102 valence electrons. The molecule has 0 fully saturated rings. The molecule has 0 radical (unpaired) electrons. The van der Waals surface area contributed by atoms with Crippen LogP contribution in [0, 0.1) is 0 Å².